The van der Waals surface area contributed by atoms with Crippen LogP contribution in [0.5, 0.6) is 0 Å². The minimum atomic E-state index is 1.15. The minimum Gasteiger partial charge on any atom is -0.0845 e. The van der Waals surface area contributed by atoms with Gasteiger partial charge in [0.15, 0.2) is 0 Å². The van der Waals surface area contributed by atoms with Gasteiger partial charge in [0.1, 0.15) is 0 Å². The van der Waals surface area contributed by atoms with E-state index in [1.54, 1.807) is 0 Å². The Hall–Kier alpha value is -0.520. The van der Waals surface area contributed by atoms with Crippen molar-refractivity contribution in [3.63, 3.8) is 0 Å². The zero-order valence-electron chi connectivity index (χ0n) is 9.57. The van der Waals surface area contributed by atoms with Crippen molar-refractivity contribution in [2.75, 3.05) is 0 Å². The second kappa shape index (κ2) is 10.5. The first-order valence-electron chi connectivity index (χ1n) is 5.06. The van der Waals surface area contributed by atoms with Crippen molar-refractivity contribution < 1.29 is 0 Å². The summed E-state index contributed by atoms with van der Waals surface area (Å²) in [6.45, 7) is 12.7. The fraction of sp³-hybridized carbons (Fsp3) is 0.667. The lowest BCUT2D eigenvalue weighted by atomic mass is 10.1. The van der Waals surface area contributed by atoms with Crippen LogP contribution in [-0.2, 0) is 0 Å². The van der Waals surface area contributed by atoms with E-state index in [0.717, 1.165) is 12.8 Å². The Labute approximate surface area is 78.4 Å². The quantitative estimate of drug-likeness (QED) is 0.535. The standard InChI is InChI=1S/C10H18.C2H6/c1-5-9(4)8-10(6-2)7-3;1-2/h6,8H,5,7H2,1-4H3;1-2H3/b9-8+,10-6-;. The third-order valence-electron chi connectivity index (χ3n) is 1.77. The molecule has 0 aromatic rings. The number of allylic oxidation sites excluding steroid dienone is 4. The van der Waals surface area contributed by atoms with Crippen LogP contribution in [0.3, 0.4) is 0 Å². The summed E-state index contributed by atoms with van der Waals surface area (Å²) in [4.78, 5) is 0. The lowest BCUT2D eigenvalue weighted by Gasteiger charge is -1.97. The van der Waals surface area contributed by atoms with Gasteiger partial charge in [-0.3, -0.25) is 0 Å². The van der Waals surface area contributed by atoms with Crippen LogP contribution in [0.15, 0.2) is 23.3 Å². The van der Waals surface area contributed by atoms with Crippen LogP contribution in [0.1, 0.15) is 54.4 Å². The van der Waals surface area contributed by atoms with Crippen molar-refractivity contribution in [3.05, 3.63) is 23.3 Å². The van der Waals surface area contributed by atoms with E-state index in [2.05, 4.69) is 39.8 Å². The molecular weight excluding hydrogens is 144 g/mol. The molecule has 0 aliphatic heterocycles. The van der Waals surface area contributed by atoms with Gasteiger partial charge < -0.3 is 0 Å². The molecule has 0 aliphatic rings. The first-order chi connectivity index (χ1) is 5.74. The maximum atomic E-state index is 2.28. The molecule has 0 aliphatic carbocycles. The summed E-state index contributed by atoms with van der Waals surface area (Å²) in [5, 5.41) is 0. The SMILES string of the molecule is C/C=C(\C=C(/C)CC)CC.CC. The predicted octanol–water partition coefficient (Wildman–Crippen LogP) is 4.73. The smallest absolute Gasteiger partial charge is 0.0311 e. The van der Waals surface area contributed by atoms with Crippen molar-refractivity contribution in [3.8, 4) is 0 Å². The summed E-state index contributed by atoms with van der Waals surface area (Å²) in [6, 6.07) is 0. The number of hydrogen-bond acceptors (Lipinski definition) is 0. The van der Waals surface area contributed by atoms with E-state index in [0.29, 0.717) is 0 Å². The van der Waals surface area contributed by atoms with Gasteiger partial charge in [0.05, 0.1) is 0 Å². The Morgan fingerprint density at radius 1 is 1.08 bits per heavy atom. The molecule has 0 heteroatoms. The predicted molar refractivity (Wildman–Crippen MR) is 59.4 cm³/mol. The summed E-state index contributed by atoms with van der Waals surface area (Å²) in [5.41, 5.74) is 2.91. The van der Waals surface area contributed by atoms with Crippen LogP contribution in [-0.4, -0.2) is 0 Å². The van der Waals surface area contributed by atoms with Gasteiger partial charge in [-0.25, -0.2) is 0 Å². The maximum Gasteiger partial charge on any atom is -0.0311 e. The normalized spacial score (nSPS) is 12.2. The largest absolute Gasteiger partial charge is 0.0845 e. The second-order valence-electron chi connectivity index (χ2n) is 2.56. The zero-order valence-corrected chi connectivity index (χ0v) is 9.57. The van der Waals surface area contributed by atoms with Crippen LogP contribution >= 0.6 is 0 Å². The van der Waals surface area contributed by atoms with E-state index < -0.39 is 0 Å². The highest BCUT2D eigenvalue weighted by molar-refractivity contribution is 5.21. The minimum absolute atomic E-state index is 1.15. The fourth-order valence-corrected chi connectivity index (χ4v) is 0.808. The molecule has 0 nitrogen and oxygen atoms in total. The van der Waals surface area contributed by atoms with Crippen molar-refractivity contribution in [2.24, 2.45) is 0 Å². The summed E-state index contributed by atoms with van der Waals surface area (Å²) < 4.78 is 0. The maximum absolute atomic E-state index is 2.28. The molecule has 0 unspecified atom stereocenters. The molecule has 0 amide bonds. The molecule has 0 bridgehead atoms. The van der Waals surface area contributed by atoms with Gasteiger partial charge >= 0.3 is 0 Å². The van der Waals surface area contributed by atoms with Crippen LogP contribution in [0.25, 0.3) is 0 Å². The third kappa shape index (κ3) is 7.59. The van der Waals surface area contributed by atoms with Gasteiger partial charge in [-0.05, 0) is 26.7 Å². The van der Waals surface area contributed by atoms with Gasteiger partial charge in [0, 0.05) is 0 Å². The third-order valence-corrected chi connectivity index (χ3v) is 1.77. The molecule has 0 N–H and O–H groups in total. The van der Waals surface area contributed by atoms with Gasteiger partial charge in [-0.2, -0.15) is 0 Å². The molecule has 0 aromatic heterocycles. The van der Waals surface area contributed by atoms with Crippen molar-refractivity contribution in [1.29, 1.82) is 0 Å². The monoisotopic (exact) mass is 168 g/mol. The fourth-order valence-electron chi connectivity index (χ4n) is 0.808. The second-order valence-corrected chi connectivity index (χ2v) is 2.56. The van der Waals surface area contributed by atoms with E-state index >= 15 is 0 Å². The van der Waals surface area contributed by atoms with Gasteiger partial charge in [0.25, 0.3) is 0 Å². The topological polar surface area (TPSA) is 0 Å². The average Bonchev–Trinajstić information content (AvgIpc) is 2.16. The number of hydrogen-bond donors (Lipinski definition) is 0. The summed E-state index contributed by atoms with van der Waals surface area (Å²) in [7, 11) is 0. The Bertz CT molecular complexity index is 138. The van der Waals surface area contributed by atoms with E-state index in [-0.39, 0.29) is 0 Å². The Balaban J connectivity index is 0. The average molecular weight is 168 g/mol. The molecule has 0 saturated heterocycles. The first-order valence-corrected chi connectivity index (χ1v) is 5.06. The zero-order chi connectivity index (χ0) is 9.98. The van der Waals surface area contributed by atoms with Crippen LogP contribution in [0.2, 0.25) is 0 Å². The van der Waals surface area contributed by atoms with E-state index in [9.17, 15) is 0 Å². The molecule has 0 spiro atoms. The molecule has 0 saturated carbocycles. The highest BCUT2D eigenvalue weighted by Gasteiger charge is 1.87. The van der Waals surface area contributed by atoms with Gasteiger partial charge in [0.2, 0.25) is 0 Å². The lowest BCUT2D eigenvalue weighted by molar-refractivity contribution is 1.07. The van der Waals surface area contributed by atoms with E-state index in [1.165, 1.54) is 11.1 Å². The molecule has 0 rings (SSSR count). The van der Waals surface area contributed by atoms with Crippen LogP contribution in [0, 0.1) is 0 Å². The van der Waals surface area contributed by atoms with Crippen LogP contribution in [0.4, 0.5) is 0 Å². The molecule has 0 radical (unpaired) electrons. The molecular formula is C12H24. The molecule has 0 fully saturated rings. The van der Waals surface area contributed by atoms with E-state index in [4.69, 9.17) is 0 Å². The lowest BCUT2D eigenvalue weighted by Crippen LogP contribution is -1.77. The number of rotatable bonds is 3. The molecule has 0 atom stereocenters. The molecule has 0 aromatic carbocycles. The molecule has 72 valence electrons. The highest BCUT2D eigenvalue weighted by Crippen LogP contribution is 2.08. The van der Waals surface area contributed by atoms with E-state index in [1.807, 2.05) is 13.8 Å². The van der Waals surface area contributed by atoms with Crippen molar-refractivity contribution in [2.45, 2.75) is 54.4 Å². The summed E-state index contributed by atoms with van der Waals surface area (Å²) in [5.74, 6) is 0. The summed E-state index contributed by atoms with van der Waals surface area (Å²) >= 11 is 0. The van der Waals surface area contributed by atoms with Crippen molar-refractivity contribution in [1.82, 2.24) is 0 Å². The Morgan fingerprint density at radius 2 is 1.58 bits per heavy atom. The van der Waals surface area contributed by atoms with Gasteiger partial charge in [-0.1, -0.05) is 51.0 Å². The van der Waals surface area contributed by atoms with Crippen molar-refractivity contribution >= 4 is 0 Å². The molecule has 0 heterocycles. The Morgan fingerprint density at radius 3 is 1.83 bits per heavy atom. The first kappa shape index (κ1) is 14.0. The highest BCUT2D eigenvalue weighted by atomic mass is 13.9. The summed E-state index contributed by atoms with van der Waals surface area (Å²) in [6.07, 6.45) is 6.77. The molecule has 12 heavy (non-hydrogen) atoms. The Kier molecular flexibility index (Phi) is 12.3. The van der Waals surface area contributed by atoms with Crippen LogP contribution < -0.4 is 0 Å². The van der Waals surface area contributed by atoms with Gasteiger partial charge in [-0.15, -0.1) is 0 Å².